The summed E-state index contributed by atoms with van der Waals surface area (Å²) in [6.07, 6.45) is 1.13. The smallest absolute Gasteiger partial charge is 0.407 e. The Morgan fingerprint density at radius 3 is 2.53 bits per heavy atom. The van der Waals surface area contributed by atoms with Gasteiger partial charge in [-0.1, -0.05) is 11.6 Å². The van der Waals surface area contributed by atoms with Crippen molar-refractivity contribution in [2.75, 3.05) is 5.73 Å². The highest BCUT2D eigenvalue weighted by atomic mass is 35.5. The van der Waals surface area contributed by atoms with Gasteiger partial charge >= 0.3 is 6.09 Å². The average Bonchev–Trinajstić information content (AvgIpc) is 2.56. The Morgan fingerprint density at radius 2 is 1.95 bits per heavy atom. The number of hydrogen-bond donors (Lipinski definition) is 2. The molecule has 1 aromatic rings. The second kappa shape index (κ2) is 4.93. The van der Waals surface area contributed by atoms with E-state index in [1.54, 1.807) is 0 Å². The molecule has 0 saturated carbocycles. The molecule has 1 aromatic carbocycles. The lowest BCUT2D eigenvalue weighted by molar-refractivity contribution is 0.0506. The maximum Gasteiger partial charge on any atom is 0.407 e. The fourth-order valence-corrected chi connectivity index (χ4v) is 2.42. The molecule has 0 aromatic heterocycles. The molecule has 1 aliphatic carbocycles. The van der Waals surface area contributed by atoms with Gasteiger partial charge in [0.15, 0.2) is 0 Å². The second-order valence-corrected chi connectivity index (χ2v) is 6.30. The number of anilines is 1. The Kier molecular flexibility index (Phi) is 3.63. The van der Waals surface area contributed by atoms with Gasteiger partial charge in [0.05, 0.1) is 10.7 Å². The number of carbonyl (C=O) groups is 1. The lowest BCUT2D eigenvalue weighted by Crippen LogP contribution is -2.39. The molecule has 0 radical (unpaired) electrons. The number of nitrogens with one attached hydrogen (secondary N) is 1. The Morgan fingerprint density at radius 1 is 1.37 bits per heavy atom. The molecule has 5 heteroatoms. The molecule has 1 unspecified atom stereocenters. The molecule has 1 atom stereocenters. The van der Waals surface area contributed by atoms with Crippen LogP contribution in [0.1, 0.15) is 31.9 Å². The summed E-state index contributed by atoms with van der Waals surface area (Å²) in [6, 6.07) is 3.81. The number of halogens is 1. The number of hydrogen-bond acceptors (Lipinski definition) is 3. The number of nitrogens with two attached hydrogens (primary N) is 1. The molecule has 1 aliphatic rings. The summed E-state index contributed by atoms with van der Waals surface area (Å²) in [5.41, 5.74) is 8.16. The first-order valence-corrected chi connectivity index (χ1v) is 6.68. The quantitative estimate of drug-likeness (QED) is 0.779. The number of nitrogen functional groups attached to an aromatic ring is 1. The van der Waals surface area contributed by atoms with Gasteiger partial charge in [-0.15, -0.1) is 0 Å². The molecule has 1 amide bonds. The van der Waals surface area contributed by atoms with Gasteiger partial charge in [-0.25, -0.2) is 4.79 Å². The van der Waals surface area contributed by atoms with Crippen molar-refractivity contribution < 1.29 is 9.53 Å². The van der Waals surface area contributed by atoms with Crippen LogP contribution in [-0.4, -0.2) is 17.7 Å². The predicted molar refractivity (Wildman–Crippen MR) is 76.4 cm³/mol. The standard InChI is InChI=1S/C14H19ClN2O2/c1-14(2,3)19-13(18)17-10-4-8-6-11(15)12(16)7-9(8)5-10/h6-7,10H,4-5,16H2,1-3H3,(H,17,18). The zero-order valence-corrected chi connectivity index (χ0v) is 12.2. The van der Waals surface area contributed by atoms with E-state index >= 15 is 0 Å². The fraction of sp³-hybridized carbons (Fsp3) is 0.500. The monoisotopic (exact) mass is 282 g/mol. The Hall–Kier alpha value is -1.42. The molecule has 0 fully saturated rings. The first-order chi connectivity index (χ1) is 8.74. The summed E-state index contributed by atoms with van der Waals surface area (Å²) in [4.78, 5) is 11.7. The number of carbonyl (C=O) groups excluding carboxylic acids is 1. The van der Waals surface area contributed by atoms with Gasteiger partial charge in [0.25, 0.3) is 0 Å². The van der Waals surface area contributed by atoms with Crippen LogP contribution in [0, 0.1) is 0 Å². The van der Waals surface area contributed by atoms with Gasteiger partial charge in [0.1, 0.15) is 5.60 Å². The van der Waals surface area contributed by atoms with E-state index in [-0.39, 0.29) is 12.1 Å². The van der Waals surface area contributed by atoms with Crippen molar-refractivity contribution in [3.05, 3.63) is 28.3 Å². The van der Waals surface area contributed by atoms with E-state index in [0.29, 0.717) is 10.7 Å². The minimum absolute atomic E-state index is 0.0442. The third-order valence-corrected chi connectivity index (χ3v) is 3.30. The number of rotatable bonds is 1. The highest BCUT2D eigenvalue weighted by molar-refractivity contribution is 6.33. The van der Waals surface area contributed by atoms with Crippen LogP contribution in [0.4, 0.5) is 10.5 Å². The van der Waals surface area contributed by atoms with Crippen molar-refractivity contribution in [3.8, 4) is 0 Å². The number of alkyl carbamates (subject to hydrolysis) is 1. The van der Waals surface area contributed by atoms with E-state index in [4.69, 9.17) is 22.1 Å². The Balaban J connectivity index is 1.99. The molecular weight excluding hydrogens is 264 g/mol. The molecule has 0 spiro atoms. The van der Waals surface area contributed by atoms with E-state index in [2.05, 4.69) is 5.32 Å². The van der Waals surface area contributed by atoms with E-state index < -0.39 is 5.60 Å². The molecule has 104 valence electrons. The van der Waals surface area contributed by atoms with Crippen molar-refractivity contribution in [3.63, 3.8) is 0 Å². The molecule has 0 aliphatic heterocycles. The highest BCUT2D eigenvalue weighted by Gasteiger charge is 2.26. The van der Waals surface area contributed by atoms with Gasteiger partial charge in [0, 0.05) is 6.04 Å². The number of fused-ring (bicyclic) bond motifs is 1. The summed E-state index contributed by atoms with van der Waals surface area (Å²) in [5, 5.41) is 3.44. The molecule has 3 N–H and O–H groups in total. The van der Waals surface area contributed by atoms with Crippen LogP contribution in [0.3, 0.4) is 0 Å². The van der Waals surface area contributed by atoms with Crippen molar-refractivity contribution >= 4 is 23.4 Å². The lowest BCUT2D eigenvalue weighted by atomic mass is 10.1. The van der Waals surface area contributed by atoms with Gasteiger partial charge in [-0.05, 0) is 56.9 Å². The van der Waals surface area contributed by atoms with Gasteiger partial charge in [0.2, 0.25) is 0 Å². The lowest BCUT2D eigenvalue weighted by Gasteiger charge is -2.21. The molecule has 2 rings (SSSR count). The topological polar surface area (TPSA) is 64.3 Å². The minimum Gasteiger partial charge on any atom is -0.444 e. The second-order valence-electron chi connectivity index (χ2n) is 5.89. The summed E-state index contributed by atoms with van der Waals surface area (Å²) in [7, 11) is 0. The third kappa shape index (κ3) is 3.53. The SMILES string of the molecule is CC(C)(C)OC(=O)NC1Cc2cc(N)c(Cl)cc2C1. The van der Waals surface area contributed by atoms with Crippen LogP contribution in [0.5, 0.6) is 0 Å². The van der Waals surface area contributed by atoms with Crippen LogP contribution >= 0.6 is 11.6 Å². The van der Waals surface area contributed by atoms with E-state index in [9.17, 15) is 4.79 Å². The fourth-order valence-electron chi connectivity index (χ4n) is 2.24. The van der Waals surface area contributed by atoms with Gasteiger partial charge < -0.3 is 15.8 Å². The third-order valence-electron chi connectivity index (χ3n) is 2.97. The van der Waals surface area contributed by atoms with E-state index in [0.717, 1.165) is 24.0 Å². The molecule has 4 nitrogen and oxygen atoms in total. The largest absolute Gasteiger partial charge is 0.444 e. The first kappa shape index (κ1) is 14.0. The Bertz CT molecular complexity index is 478. The van der Waals surface area contributed by atoms with Crippen LogP contribution in [0.2, 0.25) is 5.02 Å². The van der Waals surface area contributed by atoms with E-state index in [1.807, 2.05) is 32.9 Å². The Labute approximate surface area is 118 Å². The van der Waals surface area contributed by atoms with Crippen LogP contribution in [0.15, 0.2) is 12.1 Å². The van der Waals surface area contributed by atoms with E-state index in [1.165, 1.54) is 0 Å². The zero-order chi connectivity index (χ0) is 14.2. The summed E-state index contributed by atoms with van der Waals surface area (Å²) < 4.78 is 5.25. The van der Waals surface area contributed by atoms with Crippen molar-refractivity contribution in [1.29, 1.82) is 0 Å². The number of ether oxygens (including phenoxy) is 1. The maximum atomic E-state index is 11.7. The van der Waals surface area contributed by atoms with Crippen molar-refractivity contribution in [1.82, 2.24) is 5.32 Å². The van der Waals surface area contributed by atoms with Crippen molar-refractivity contribution in [2.45, 2.75) is 45.3 Å². The molecule has 19 heavy (non-hydrogen) atoms. The normalized spacial score (nSPS) is 18.0. The van der Waals surface area contributed by atoms with Gasteiger partial charge in [-0.3, -0.25) is 0 Å². The summed E-state index contributed by atoms with van der Waals surface area (Å²) >= 11 is 6.00. The van der Waals surface area contributed by atoms with Crippen molar-refractivity contribution in [2.24, 2.45) is 0 Å². The maximum absolute atomic E-state index is 11.7. The zero-order valence-electron chi connectivity index (χ0n) is 11.4. The van der Waals surface area contributed by atoms with Crippen LogP contribution in [-0.2, 0) is 17.6 Å². The number of benzene rings is 1. The summed E-state index contributed by atoms with van der Waals surface area (Å²) in [5.74, 6) is 0. The molecule has 0 heterocycles. The predicted octanol–water partition coefficient (Wildman–Crippen LogP) is 2.91. The number of amides is 1. The molecule has 0 bridgehead atoms. The summed E-state index contributed by atoms with van der Waals surface area (Å²) in [6.45, 7) is 5.53. The minimum atomic E-state index is -0.483. The first-order valence-electron chi connectivity index (χ1n) is 6.31. The highest BCUT2D eigenvalue weighted by Crippen LogP contribution is 2.30. The van der Waals surface area contributed by atoms with Crippen LogP contribution < -0.4 is 11.1 Å². The molecule has 0 saturated heterocycles. The van der Waals surface area contributed by atoms with Crippen LogP contribution in [0.25, 0.3) is 0 Å². The van der Waals surface area contributed by atoms with Gasteiger partial charge in [-0.2, -0.15) is 0 Å². The molecular formula is C14H19ClN2O2. The average molecular weight is 283 g/mol.